The quantitative estimate of drug-likeness (QED) is 0.769. The maximum Gasteiger partial charge on any atom is 0.140 e. The summed E-state index contributed by atoms with van der Waals surface area (Å²) in [6, 6.07) is 17.0. The van der Waals surface area contributed by atoms with E-state index < -0.39 is 0 Å². The number of benzene rings is 1. The Labute approximate surface area is 137 Å². The van der Waals surface area contributed by atoms with E-state index in [1.54, 1.807) is 0 Å². The van der Waals surface area contributed by atoms with E-state index in [0.717, 1.165) is 18.7 Å². The normalized spacial score (nSPS) is 16.9. The van der Waals surface area contributed by atoms with E-state index in [1.165, 1.54) is 36.6 Å². The van der Waals surface area contributed by atoms with E-state index in [0.29, 0.717) is 0 Å². The number of nitrogens with zero attached hydrogens (tertiary/aromatic N) is 2. The fourth-order valence-corrected chi connectivity index (χ4v) is 3.92. The van der Waals surface area contributed by atoms with E-state index in [-0.39, 0.29) is 5.54 Å². The van der Waals surface area contributed by atoms with E-state index in [9.17, 15) is 0 Å². The first-order chi connectivity index (χ1) is 11.4. The van der Waals surface area contributed by atoms with Gasteiger partial charge in [0, 0.05) is 30.9 Å². The summed E-state index contributed by atoms with van der Waals surface area (Å²) in [5.41, 5.74) is 2.64. The third-order valence-electron chi connectivity index (χ3n) is 5.12. The number of hydrogen-bond acceptors (Lipinski definition) is 2. The van der Waals surface area contributed by atoms with Crippen LogP contribution < -0.4 is 5.32 Å². The van der Waals surface area contributed by atoms with Gasteiger partial charge in [0.2, 0.25) is 0 Å². The van der Waals surface area contributed by atoms with Crippen molar-refractivity contribution in [1.29, 1.82) is 0 Å². The molecule has 1 aliphatic carbocycles. The topological polar surface area (TPSA) is 29.9 Å². The van der Waals surface area contributed by atoms with Crippen molar-refractivity contribution in [1.82, 2.24) is 14.9 Å². The maximum absolute atomic E-state index is 4.63. The summed E-state index contributed by atoms with van der Waals surface area (Å²) in [5, 5.41) is 4.93. The van der Waals surface area contributed by atoms with Gasteiger partial charge in [-0.05, 0) is 36.6 Å². The van der Waals surface area contributed by atoms with Crippen molar-refractivity contribution in [2.45, 2.75) is 37.8 Å². The lowest BCUT2D eigenvalue weighted by Gasteiger charge is -2.32. The summed E-state index contributed by atoms with van der Waals surface area (Å²) in [4.78, 5) is 4.63. The van der Waals surface area contributed by atoms with Gasteiger partial charge in [0.25, 0.3) is 0 Å². The van der Waals surface area contributed by atoms with Gasteiger partial charge in [-0.15, -0.1) is 0 Å². The Morgan fingerprint density at radius 3 is 2.65 bits per heavy atom. The van der Waals surface area contributed by atoms with Crippen LogP contribution in [0.25, 0.3) is 11.0 Å². The Morgan fingerprint density at radius 2 is 1.83 bits per heavy atom. The zero-order chi connectivity index (χ0) is 15.5. The molecule has 0 radical (unpaired) electrons. The number of nitrogens with one attached hydrogen (secondary N) is 1. The van der Waals surface area contributed by atoms with Gasteiger partial charge in [-0.25, -0.2) is 4.98 Å². The Balaban J connectivity index is 1.57. The number of hydrogen-bond donors (Lipinski definition) is 1. The van der Waals surface area contributed by atoms with Crippen molar-refractivity contribution in [3.63, 3.8) is 0 Å². The molecular weight excluding hydrogens is 282 g/mol. The first-order valence-electron chi connectivity index (χ1n) is 8.55. The van der Waals surface area contributed by atoms with E-state index >= 15 is 0 Å². The Kier molecular flexibility index (Phi) is 3.88. The van der Waals surface area contributed by atoms with Crippen LogP contribution >= 0.6 is 0 Å². The molecule has 0 atom stereocenters. The fourth-order valence-electron chi connectivity index (χ4n) is 3.92. The highest BCUT2D eigenvalue weighted by molar-refractivity contribution is 5.76. The third-order valence-corrected chi connectivity index (χ3v) is 5.12. The van der Waals surface area contributed by atoms with Crippen LogP contribution in [0.1, 0.15) is 31.2 Å². The maximum atomic E-state index is 4.63. The molecule has 23 heavy (non-hydrogen) atoms. The van der Waals surface area contributed by atoms with Crippen LogP contribution in [0.4, 0.5) is 0 Å². The van der Waals surface area contributed by atoms with Gasteiger partial charge in [-0.3, -0.25) is 0 Å². The van der Waals surface area contributed by atoms with Gasteiger partial charge in [0.05, 0.1) is 5.54 Å². The van der Waals surface area contributed by atoms with Crippen LogP contribution in [0, 0.1) is 0 Å². The number of rotatable bonds is 5. The molecule has 0 spiro atoms. The van der Waals surface area contributed by atoms with Crippen molar-refractivity contribution in [2.24, 2.45) is 0 Å². The lowest BCUT2D eigenvalue weighted by atomic mass is 9.97. The molecular formula is C20H23N3. The molecule has 3 aromatic rings. The molecule has 3 heteroatoms. The van der Waals surface area contributed by atoms with Crippen LogP contribution in [-0.2, 0) is 12.1 Å². The zero-order valence-electron chi connectivity index (χ0n) is 13.4. The van der Waals surface area contributed by atoms with Gasteiger partial charge in [0.15, 0.2) is 0 Å². The predicted molar refractivity (Wildman–Crippen MR) is 94.3 cm³/mol. The molecule has 0 amide bonds. The largest absolute Gasteiger partial charge is 0.325 e. The van der Waals surface area contributed by atoms with Crippen molar-refractivity contribution < 1.29 is 0 Å². The molecule has 0 bridgehead atoms. The number of pyridine rings is 1. The Hall–Kier alpha value is -2.13. The molecule has 1 saturated carbocycles. The van der Waals surface area contributed by atoms with Gasteiger partial charge in [0.1, 0.15) is 5.65 Å². The number of fused-ring (bicyclic) bond motifs is 1. The molecule has 0 saturated heterocycles. The molecule has 1 fully saturated rings. The molecule has 0 aliphatic heterocycles. The summed E-state index contributed by atoms with van der Waals surface area (Å²) in [6.07, 6.45) is 9.20. The summed E-state index contributed by atoms with van der Waals surface area (Å²) in [7, 11) is 0. The standard InChI is InChI=1S/C20H23N3/c1-2-7-17(8-3-1)15-21-16-20(11-4-5-12-20)23-14-10-18-9-6-13-22-19(18)23/h1-3,6-10,13-14,21H,4-5,11-12,15-16H2. The molecule has 2 heterocycles. The van der Waals surface area contributed by atoms with Crippen molar-refractivity contribution in [2.75, 3.05) is 6.54 Å². The molecule has 2 aromatic heterocycles. The molecule has 3 nitrogen and oxygen atoms in total. The monoisotopic (exact) mass is 305 g/mol. The fraction of sp³-hybridized carbons (Fsp3) is 0.350. The molecule has 0 unspecified atom stereocenters. The zero-order valence-corrected chi connectivity index (χ0v) is 13.4. The third kappa shape index (κ3) is 2.77. The summed E-state index contributed by atoms with van der Waals surface area (Å²) < 4.78 is 2.42. The predicted octanol–water partition coefficient (Wildman–Crippen LogP) is 4.10. The molecule has 4 rings (SSSR count). The Bertz CT molecular complexity index is 770. The van der Waals surface area contributed by atoms with Gasteiger partial charge in [-0.1, -0.05) is 43.2 Å². The highest BCUT2D eigenvalue weighted by atomic mass is 15.1. The minimum atomic E-state index is 0.172. The molecule has 1 aromatic carbocycles. The minimum absolute atomic E-state index is 0.172. The smallest absolute Gasteiger partial charge is 0.140 e. The van der Waals surface area contributed by atoms with Crippen LogP contribution in [0.15, 0.2) is 60.9 Å². The number of aromatic nitrogens is 2. The van der Waals surface area contributed by atoms with E-state index in [4.69, 9.17) is 0 Å². The highest BCUT2D eigenvalue weighted by Crippen LogP contribution is 2.38. The summed E-state index contributed by atoms with van der Waals surface area (Å²) >= 11 is 0. The summed E-state index contributed by atoms with van der Waals surface area (Å²) in [6.45, 7) is 1.93. The van der Waals surface area contributed by atoms with Crippen LogP contribution in [0.2, 0.25) is 0 Å². The summed E-state index contributed by atoms with van der Waals surface area (Å²) in [5.74, 6) is 0. The average molecular weight is 305 g/mol. The van der Waals surface area contributed by atoms with Gasteiger partial charge < -0.3 is 9.88 Å². The highest BCUT2D eigenvalue weighted by Gasteiger charge is 2.36. The lowest BCUT2D eigenvalue weighted by Crippen LogP contribution is -2.40. The second-order valence-electron chi connectivity index (χ2n) is 6.62. The first-order valence-corrected chi connectivity index (χ1v) is 8.55. The van der Waals surface area contributed by atoms with E-state index in [2.05, 4.69) is 63.5 Å². The molecule has 1 aliphatic rings. The average Bonchev–Trinajstić information content (AvgIpc) is 3.23. The second-order valence-corrected chi connectivity index (χ2v) is 6.62. The molecule has 118 valence electrons. The van der Waals surface area contributed by atoms with Crippen molar-refractivity contribution in [3.05, 3.63) is 66.5 Å². The Morgan fingerprint density at radius 1 is 1.00 bits per heavy atom. The molecule has 1 N–H and O–H groups in total. The minimum Gasteiger partial charge on any atom is -0.325 e. The van der Waals surface area contributed by atoms with Crippen molar-refractivity contribution in [3.8, 4) is 0 Å². The van der Waals surface area contributed by atoms with Crippen LogP contribution in [0.5, 0.6) is 0 Å². The SMILES string of the molecule is c1ccc(CNCC2(n3ccc4cccnc43)CCCC2)cc1. The van der Waals surface area contributed by atoms with Crippen LogP contribution in [-0.4, -0.2) is 16.1 Å². The van der Waals surface area contributed by atoms with Gasteiger partial charge in [-0.2, -0.15) is 0 Å². The van der Waals surface area contributed by atoms with Crippen molar-refractivity contribution >= 4 is 11.0 Å². The second kappa shape index (κ2) is 6.17. The van der Waals surface area contributed by atoms with Crippen LogP contribution in [0.3, 0.4) is 0 Å². The van der Waals surface area contributed by atoms with E-state index in [1.807, 2.05) is 12.3 Å². The lowest BCUT2D eigenvalue weighted by molar-refractivity contribution is 0.284. The first kappa shape index (κ1) is 14.5. The van der Waals surface area contributed by atoms with Gasteiger partial charge >= 0.3 is 0 Å².